The van der Waals surface area contributed by atoms with Gasteiger partial charge in [-0.1, -0.05) is 0 Å². The van der Waals surface area contributed by atoms with E-state index in [1.54, 1.807) is 12.3 Å². The second-order valence-corrected chi connectivity index (χ2v) is 9.93. The summed E-state index contributed by atoms with van der Waals surface area (Å²) in [6.07, 6.45) is 4.50. The van der Waals surface area contributed by atoms with Crippen molar-refractivity contribution in [3.8, 4) is 40.0 Å². The van der Waals surface area contributed by atoms with Crippen molar-refractivity contribution in [2.45, 2.75) is 4.90 Å². The number of pyridine rings is 1. The zero-order chi connectivity index (χ0) is 26.0. The summed E-state index contributed by atoms with van der Waals surface area (Å²) < 4.78 is 60.9. The molecule has 0 aliphatic rings. The first kappa shape index (κ1) is 24.0. The van der Waals surface area contributed by atoms with Crippen molar-refractivity contribution >= 4 is 27.2 Å². The second-order valence-electron chi connectivity index (χ2n) is 7.53. The minimum atomic E-state index is -3.99. The molecule has 0 saturated carbocycles. The predicted octanol–water partition coefficient (Wildman–Crippen LogP) is 5.34. The van der Waals surface area contributed by atoms with E-state index in [2.05, 4.69) is 24.9 Å². The maximum absolute atomic E-state index is 13.8. The van der Waals surface area contributed by atoms with Gasteiger partial charge < -0.3 is 4.74 Å². The average Bonchev–Trinajstić information content (AvgIpc) is 3.61. The van der Waals surface area contributed by atoms with Crippen molar-refractivity contribution in [1.82, 2.24) is 20.2 Å². The van der Waals surface area contributed by atoms with Gasteiger partial charge in [0.15, 0.2) is 23.2 Å². The number of thiazole rings is 1. The second kappa shape index (κ2) is 9.76. The van der Waals surface area contributed by atoms with Crippen molar-refractivity contribution in [3.63, 3.8) is 0 Å². The third-order valence-corrected chi connectivity index (χ3v) is 7.10. The van der Waals surface area contributed by atoms with Gasteiger partial charge in [-0.3, -0.25) is 14.8 Å². The number of ether oxygens (including phenoxy) is 1. The molecular weight excluding hydrogens is 522 g/mol. The summed E-state index contributed by atoms with van der Waals surface area (Å²) in [5, 5.41) is 17.9. The Morgan fingerprint density at radius 1 is 1.00 bits per heavy atom. The quantitative estimate of drug-likeness (QED) is 0.287. The molecule has 0 radical (unpaired) electrons. The SMILES string of the molecule is N#Cc1cc(S(=O)(=O)Nc2cscn2)ccc1Oc1cnc(-c2ccc(F)c(F)c2)cc1-c1cn[nH]c1. The van der Waals surface area contributed by atoms with Gasteiger partial charge in [0.25, 0.3) is 10.0 Å². The lowest BCUT2D eigenvalue weighted by Gasteiger charge is -2.14. The monoisotopic (exact) mass is 536 g/mol. The number of aromatic nitrogens is 4. The topological polar surface area (TPSA) is 134 Å². The number of H-pyrrole nitrogens is 1. The lowest BCUT2D eigenvalue weighted by atomic mass is 10.0. The number of halogens is 2. The van der Waals surface area contributed by atoms with Crippen LogP contribution in [0.25, 0.3) is 22.4 Å². The Hall–Kier alpha value is -4.67. The Morgan fingerprint density at radius 3 is 2.57 bits per heavy atom. The number of benzene rings is 2. The first-order valence-electron chi connectivity index (χ1n) is 10.4. The molecule has 13 heteroatoms. The van der Waals surface area contributed by atoms with Gasteiger partial charge in [0, 0.05) is 28.3 Å². The van der Waals surface area contributed by atoms with Crippen LogP contribution in [0.15, 0.2) is 76.8 Å². The molecule has 0 bridgehead atoms. The summed E-state index contributed by atoms with van der Waals surface area (Å²) in [7, 11) is -3.99. The number of rotatable bonds is 7. The van der Waals surface area contributed by atoms with Crippen LogP contribution in [0.1, 0.15) is 5.56 Å². The Bertz CT molecular complexity index is 1740. The zero-order valence-corrected chi connectivity index (χ0v) is 20.1. The maximum Gasteiger partial charge on any atom is 0.263 e. The molecule has 184 valence electrons. The minimum Gasteiger partial charge on any atom is -0.454 e. The molecule has 0 spiro atoms. The van der Waals surface area contributed by atoms with E-state index in [9.17, 15) is 22.5 Å². The van der Waals surface area contributed by atoms with Crippen LogP contribution in [0.4, 0.5) is 14.6 Å². The summed E-state index contributed by atoms with van der Waals surface area (Å²) >= 11 is 1.23. The standard InChI is InChI=1S/C24H14F2N6O3S2/c25-19-3-1-14(6-20(19)26)21-7-18(16-9-30-31-10-16)23(11-28-21)35-22-4-2-17(5-15(22)8-27)37(33,34)32-24-12-36-13-29-24/h1-7,9-13,32H,(H,30,31). The molecule has 3 heterocycles. The molecule has 5 rings (SSSR count). The number of sulfonamides is 1. The number of nitrogens with zero attached hydrogens (tertiary/aromatic N) is 4. The van der Waals surface area contributed by atoms with E-state index in [0.717, 1.165) is 12.1 Å². The lowest BCUT2D eigenvalue weighted by Crippen LogP contribution is -2.13. The van der Waals surface area contributed by atoms with Crippen LogP contribution in [-0.2, 0) is 10.0 Å². The molecule has 3 aromatic heterocycles. The molecule has 5 aromatic rings. The number of nitriles is 1. The van der Waals surface area contributed by atoms with E-state index in [1.807, 2.05) is 6.07 Å². The normalized spacial score (nSPS) is 11.2. The van der Waals surface area contributed by atoms with E-state index in [4.69, 9.17) is 4.74 Å². The van der Waals surface area contributed by atoms with Gasteiger partial charge in [-0.05, 0) is 42.5 Å². The highest BCUT2D eigenvalue weighted by molar-refractivity contribution is 7.92. The van der Waals surface area contributed by atoms with E-state index in [-0.39, 0.29) is 27.8 Å². The van der Waals surface area contributed by atoms with Gasteiger partial charge in [-0.25, -0.2) is 22.2 Å². The van der Waals surface area contributed by atoms with E-state index in [1.165, 1.54) is 58.9 Å². The van der Waals surface area contributed by atoms with Crippen LogP contribution in [0.5, 0.6) is 11.5 Å². The van der Waals surface area contributed by atoms with Crippen molar-refractivity contribution < 1.29 is 21.9 Å². The fourth-order valence-corrected chi connectivity index (χ4v) is 4.98. The molecule has 0 amide bonds. The highest BCUT2D eigenvalue weighted by atomic mass is 32.2. The van der Waals surface area contributed by atoms with Crippen LogP contribution in [0.2, 0.25) is 0 Å². The average molecular weight is 537 g/mol. The minimum absolute atomic E-state index is 0.0380. The molecular formula is C24H14F2N6O3S2. The summed E-state index contributed by atoms with van der Waals surface area (Å²) in [5.74, 6) is -1.51. The third-order valence-electron chi connectivity index (χ3n) is 5.16. The largest absolute Gasteiger partial charge is 0.454 e. The van der Waals surface area contributed by atoms with Gasteiger partial charge >= 0.3 is 0 Å². The smallest absolute Gasteiger partial charge is 0.263 e. The molecule has 0 unspecified atom stereocenters. The van der Waals surface area contributed by atoms with Gasteiger partial charge in [-0.15, -0.1) is 11.3 Å². The first-order valence-corrected chi connectivity index (χ1v) is 12.8. The van der Waals surface area contributed by atoms with E-state index < -0.39 is 21.7 Å². The van der Waals surface area contributed by atoms with Gasteiger partial charge in [0.1, 0.15) is 11.8 Å². The fourth-order valence-electron chi connectivity index (χ4n) is 3.39. The summed E-state index contributed by atoms with van der Waals surface area (Å²) in [6, 6.07) is 10.8. The van der Waals surface area contributed by atoms with Crippen LogP contribution in [0, 0.1) is 23.0 Å². The Morgan fingerprint density at radius 2 is 1.86 bits per heavy atom. The molecule has 0 aliphatic heterocycles. The number of hydrogen-bond acceptors (Lipinski definition) is 8. The first-order chi connectivity index (χ1) is 17.8. The van der Waals surface area contributed by atoms with Crippen LogP contribution < -0.4 is 9.46 Å². The highest BCUT2D eigenvalue weighted by Gasteiger charge is 2.20. The molecule has 2 aromatic carbocycles. The van der Waals surface area contributed by atoms with Crippen molar-refractivity contribution in [1.29, 1.82) is 5.26 Å². The number of anilines is 1. The Labute approximate surface area is 213 Å². The molecule has 9 nitrogen and oxygen atoms in total. The summed E-state index contributed by atoms with van der Waals surface area (Å²) in [5.41, 5.74) is 3.23. The molecule has 0 saturated heterocycles. The van der Waals surface area contributed by atoms with Gasteiger partial charge in [0.2, 0.25) is 0 Å². The molecule has 0 aliphatic carbocycles. The lowest BCUT2D eigenvalue weighted by molar-refractivity contribution is 0.480. The molecule has 0 fully saturated rings. The van der Waals surface area contributed by atoms with Gasteiger partial charge in [-0.2, -0.15) is 10.4 Å². The number of hydrogen-bond donors (Lipinski definition) is 2. The van der Waals surface area contributed by atoms with Crippen LogP contribution in [-0.4, -0.2) is 28.6 Å². The van der Waals surface area contributed by atoms with Crippen molar-refractivity contribution in [3.05, 3.63) is 89.1 Å². The van der Waals surface area contributed by atoms with Crippen LogP contribution >= 0.6 is 11.3 Å². The predicted molar refractivity (Wildman–Crippen MR) is 131 cm³/mol. The summed E-state index contributed by atoms with van der Waals surface area (Å²) in [4.78, 5) is 8.05. The number of nitrogens with one attached hydrogen (secondary N) is 2. The van der Waals surface area contributed by atoms with Crippen molar-refractivity contribution in [2.75, 3.05) is 4.72 Å². The molecule has 2 N–H and O–H groups in total. The van der Waals surface area contributed by atoms with Crippen LogP contribution in [0.3, 0.4) is 0 Å². The number of aromatic amines is 1. The fraction of sp³-hybridized carbons (Fsp3) is 0. The maximum atomic E-state index is 13.8. The highest BCUT2D eigenvalue weighted by Crippen LogP contribution is 2.37. The third kappa shape index (κ3) is 5.01. The Kier molecular flexibility index (Phi) is 6.34. The summed E-state index contributed by atoms with van der Waals surface area (Å²) in [6.45, 7) is 0. The zero-order valence-electron chi connectivity index (χ0n) is 18.5. The molecule has 0 atom stereocenters. The Balaban J connectivity index is 1.51. The van der Waals surface area contributed by atoms with Gasteiger partial charge in [0.05, 0.1) is 34.1 Å². The van der Waals surface area contributed by atoms with E-state index in [0.29, 0.717) is 22.4 Å². The molecule has 37 heavy (non-hydrogen) atoms. The van der Waals surface area contributed by atoms with Crippen molar-refractivity contribution in [2.24, 2.45) is 0 Å². The van der Waals surface area contributed by atoms with E-state index >= 15 is 0 Å².